The zero-order chi connectivity index (χ0) is 34.6. The Bertz CT molecular complexity index is 810. The Morgan fingerprint density at radius 3 is 1.26 bits per heavy atom. The summed E-state index contributed by atoms with van der Waals surface area (Å²) in [4.78, 5) is 33.1. The van der Waals surface area contributed by atoms with E-state index in [2.05, 4.69) is 34.6 Å². The van der Waals surface area contributed by atoms with Gasteiger partial charge in [-0.05, 0) is 78.1 Å². The van der Waals surface area contributed by atoms with Gasteiger partial charge in [0.1, 0.15) is 17.3 Å². The second-order valence-corrected chi connectivity index (χ2v) is 15.2. The van der Waals surface area contributed by atoms with E-state index >= 15 is 0 Å². The molecule has 3 atom stereocenters. The predicted octanol–water partition coefficient (Wildman–Crippen LogP) is 12.3. The summed E-state index contributed by atoms with van der Waals surface area (Å²) in [5.41, 5.74) is -0.275. The van der Waals surface area contributed by atoms with Crippen LogP contribution in [0.4, 0.5) is 0 Å². The summed E-state index contributed by atoms with van der Waals surface area (Å²) in [6.07, 6.45) is 35.6. The van der Waals surface area contributed by atoms with Crippen molar-refractivity contribution < 1.29 is 28.6 Å². The largest absolute Gasteiger partial charge is 0.462 e. The molecule has 0 N–H and O–H groups in total. The molecule has 0 aromatic carbocycles. The van der Waals surface area contributed by atoms with Gasteiger partial charge in [-0.2, -0.15) is 0 Å². The summed E-state index contributed by atoms with van der Waals surface area (Å²) in [6.45, 7) is 10.9. The van der Waals surface area contributed by atoms with Crippen molar-refractivity contribution in [2.75, 3.05) is 0 Å². The number of ether oxygens (including phenoxy) is 3. The first-order valence-electron chi connectivity index (χ1n) is 20.3. The number of carbonyl (C=O) groups is 3. The number of rotatable bonds is 23. The monoisotopic (exact) mass is 665 g/mol. The van der Waals surface area contributed by atoms with Crippen LogP contribution in [-0.2, 0) is 28.6 Å². The molecule has 0 aromatic rings. The summed E-state index contributed by atoms with van der Waals surface area (Å²) < 4.78 is 16.0. The molecule has 6 heteroatoms. The fourth-order valence-corrected chi connectivity index (χ4v) is 6.88. The molecule has 3 saturated heterocycles. The molecule has 3 aliphatic heterocycles. The van der Waals surface area contributed by atoms with Crippen molar-refractivity contribution in [2.24, 2.45) is 0 Å². The Morgan fingerprint density at radius 2 is 0.894 bits per heavy atom. The Labute approximate surface area is 290 Å². The number of carbonyl (C=O) groups excluding carboxylic acids is 3. The summed E-state index contributed by atoms with van der Waals surface area (Å²) in [7, 11) is 0. The summed E-state index contributed by atoms with van der Waals surface area (Å²) in [6, 6.07) is 0. The molecule has 47 heavy (non-hydrogen) atoms. The molecule has 0 aromatic heterocycles. The minimum absolute atomic E-state index is 0.00885. The Morgan fingerprint density at radius 1 is 0.511 bits per heavy atom. The lowest BCUT2D eigenvalue weighted by molar-refractivity contribution is -0.154. The second kappa shape index (κ2) is 27.3. The van der Waals surface area contributed by atoms with E-state index in [1.807, 2.05) is 0 Å². The first-order valence-corrected chi connectivity index (χ1v) is 20.3. The molecular formula is C41H76O6. The zero-order valence-corrected chi connectivity index (χ0v) is 31.7. The van der Waals surface area contributed by atoms with Crippen LogP contribution >= 0.6 is 0 Å². The lowest BCUT2D eigenvalue weighted by Gasteiger charge is -2.22. The van der Waals surface area contributed by atoms with Crippen LogP contribution < -0.4 is 0 Å². The standard InChI is InChI=1S/2C14H26O2.C13H24O2/c1-3-4-5-6-7-8-9-11-14(2)12-10-13(15)16-14;1-2-3-4-5-6-7-8-10-13-11-9-12-14(15)16-13;1-3-4-5-6-7-8-10-13(2)11-9-12(14)15-13/h3-12H2,1-2H3;13H,2-12H2,1H3;3-11H2,1-2H3. The normalized spacial score (nSPS) is 23.7. The molecule has 6 nitrogen and oxygen atoms in total. The third-order valence-electron chi connectivity index (χ3n) is 10.1. The maximum Gasteiger partial charge on any atom is 0.306 e. The van der Waals surface area contributed by atoms with E-state index in [0.717, 1.165) is 44.9 Å². The highest BCUT2D eigenvalue weighted by Crippen LogP contribution is 2.32. The lowest BCUT2D eigenvalue weighted by Crippen LogP contribution is -2.23. The van der Waals surface area contributed by atoms with E-state index in [9.17, 15) is 14.4 Å². The summed E-state index contributed by atoms with van der Waals surface area (Å²) in [5, 5.41) is 0. The maximum absolute atomic E-state index is 11.1. The Hall–Kier alpha value is -1.59. The molecule has 0 aliphatic carbocycles. The van der Waals surface area contributed by atoms with Crippen LogP contribution in [0, 0.1) is 0 Å². The van der Waals surface area contributed by atoms with E-state index in [1.54, 1.807) is 0 Å². The number of cyclic esters (lactones) is 3. The van der Waals surface area contributed by atoms with Gasteiger partial charge in [0.2, 0.25) is 0 Å². The van der Waals surface area contributed by atoms with Crippen LogP contribution in [0.1, 0.15) is 227 Å². The fraction of sp³-hybridized carbons (Fsp3) is 0.927. The van der Waals surface area contributed by atoms with Gasteiger partial charge in [0.25, 0.3) is 0 Å². The van der Waals surface area contributed by atoms with Crippen LogP contribution in [0.15, 0.2) is 0 Å². The molecule has 3 rings (SSSR count). The molecule has 0 spiro atoms. The predicted molar refractivity (Wildman–Crippen MR) is 194 cm³/mol. The highest BCUT2D eigenvalue weighted by Gasteiger charge is 2.35. The smallest absolute Gasteiger partial charge is 0.306 e. The third-order valence-corrected chi connectivity index (χ3v) is 10.1. The molecule has 0 radical (unpaired) electrons. The third kappa shape index (κ3) is 23.4. The van der Waals surface area contributed by atoms with Crippen molar-refractivity contribution in [1.29, 1.82) is 0 Å². The van der Waals surface area contributed by atoms with E-state index < -0.39 is 0 Å². The van der Waals surface area contributed by atoms with Crippen LogP contribution in [0.3, 0.4) is 0 Å². The van der Waals surface area contributed by atoms with Crippen LogP contribution in [-0.4, -0.2) is 35.2 Å². The quantitative estimate of drug-likeness (QED) is 0.0614. The second-order valence-electron chi connectivity index (χ2n) is 15.2. The van der Waals surface area contributed by atoms with Gasteiger partial charge in [-0.3, -0.25) is 14.4 Å². The van der Waals surface area contributed by atoms with Gasteiger partial charge in [-0.25, -0.2) is 0 Å². The minimum Gasteiger partial charge on any atom is -0.462 e. The highest BCUT2D eigenvalue weighted by atomic mass is 16.6. The van der Waals surface area contributed by atoms with E-state index in [-0.39, 0.29) is 35.2 Å². The Kier molecular flexibility index (Phi) is 25.2. The minimum atomic E-state index is -0.138. The lowest BCUT2D eigenvalue weighted by atomic mass is 9.95. The number of hydrogen-bond acceptors (Lipinski definition) is 6. The van der Waals surface area contributed by atoms with E-state index in [0.29, 0.717) is 19.3 Å². The van der Waals surface area contributed by atoms with Crippen molar-refractivity contribution >= 4 is 17.9 Å². The molecule has 0 bridgehead atoms. The molecule has 0 amide bonds. The number of hydrogen-bond donors (Lipinski definition) is 0. The molecular weight excluding hydrogens is 588 g/mol. The first kappa shape index (κ1) is 43.4. The first-order chi connectivity index (χ1) is 22.6. The molecule has 3 heterocycles. The molecule has 3 fully saturated rings. The van der Waals surface area contributed by atoms with Gasteiger partial charge in [-0.1, -0.05) is 130 Å². The molecule has 3 aliphatic rings. The van der Waals surface area contributed by atoms with Gasteiger partial charge < -0.3 is 14.2 Å². The van der Waals surface area contributed by atoms with Crippen molar-refractivity contribution in [1.82, 2.24) is 0 Å². The van der Waals surface area contributed by atoms with Crippen LogP contribution in [0.25, 0.3) is 0 Å². The van der Waals surface area contributed by atoms with Crippen LogP contribution in [0.5, 0.6) is 0 Å². The summed E-state index contributed by atoms with van der Waals surface area (Å²) in [5.74, 6) is -0.00637. The number of esters is 3. The molecule has 3 unspecified atom stereocenters. The average Bonchev–Trinajstić information content (AvgIpc) is 3.58. The van der Waals surface area contributed by atoms with Crippen LogP contribution in [0.2, 0.25) is 0 Å². The van der Waals surface area contributed by atoms with Crippen molar-refractivity contribution in [3.05, 3.63) is 0 Å². The highest BCUT2D eigenvalue weighted by molar-refractivity contribution is 5.72. The molecule has 0 saturated carbocycles. The number of unbranched alkanes of at least 4 members (excludes halogenated alkanes) is 17. The zero-order valence-electron chi connectivity index (χ0n) is 31.7. The fourth-order valence-electron chi connectivity index (χ4n) is 6.88. The average molecular weight is 665 g/mol. The van der Waals surface area contributed by atoms with Crippen molar-refractivity contribution in [3.63, 3.8) is 0 Å². The van der Waals surface area contributed by atoms with Gasteiger partial charge in [-0.15, -0.1) is 0 Å². The van der Waals surface area contributed by atoms with Crippen molar-refractivity contribution in [2.45, 2.75) is 245 Å². The summed E-state index contributed by atoms with van der Waals surface area (Å²) >= 11 is 0. The SMILES string of the molecule is CCCCCCCCC1(C)CCC(=O)O1.CCCCCCCCCC1(C)CCC(=O)O1.CCCCCCCCCC1CCCC(=O)O1. The molecule has 276 valence electrons. The van der Waals surface area contributed by atoms with Gasteiger partial charge in [0, 0.05) is 19.3 Å². The topological polar surface area (TPSA) is 78.9 Å². The van der Waals surface area contributed by atoms with Gasteiger partial charge >= 0.3 is 17.9 Å². The van der Waals surface area contributed by atoms with Crippen molar-refractivity contribution in [3.8, 4) is 0 Å². The Balaban J connectivity index is 0.000000353. The van der Waals surface area contributed by atoms with E-state index in [4.69, 9.17) is 14.2 Å². The van der Waals surface area contributed by atoms with Gasteiger partial charge in [0.05, 0.1) is 0 Å². The van der Waals surface area contributed by atoms with Gasteiger partial charge in [0.15, 0.2) is 0 Å². The maximum atomic E-state index is 11.1. The van der Waals surface area contributed by atoms with E-state index in [1.165, 1.54) is 128 Å².